The van der Waals surface area contributed by atoms with Crippen LogP contribution in [-0.2, 0) is 6.54 Å². The number of pyridine rings is 1. The Morgan fingerprint density at radius 2 is 1.83 bits per heavy atom. The molecule has 3 heterocycles. The highest BCUT2D eigenvalue weighted by molar-refractivity contribution is 6.04. The summed E-state index contributed by atoms with van der Waals surface area (Å²) in [5, 5.41) is 18.7. The van der Waals surface area contributed by atoms with Crippen LogP contribution in [-0.4, -0.2) is 42.7 Å². The van der Waals surface area contributed by atoms with Gasteiger partial charge >= 0.3 is 0 Å². The maximum absolute atomic E-state index is 13.5. The highest BCUT2D eigenvalue weighted by atomic mass is 16.4. The number of aryl methyl sites for hydroxylation is 1. The van der Waals surface area contributed by atoms with Crippen LogP contribution in [0.5, 0.6) is 0 Å². The van der Waals surface area contributed by atoms with E-state index in [1.54, 1.807) is 33.2 Å². The highest BCUT2D eigenvalue weighted by Gasteiger charge is 2.48. The molecule has 7 heteroatoms. The van der Waals surface area contributed by atoms with E-state index in [2.05, 4.69) is 15.2 Å². The van der Waals surface area contributed by atoms with E-state index in [1.165, 1.54) is 0 Å². The van der Waals surface area contributed by atoms with Crippen molar-refractivity contribution >= 4 is 5.91 Å². The van der Waals surface area contributed by atoms with Crippen LogP contribution < -0.4 is 0 Å². The van der Waals surface area contributed by atoms with Crippen molar-refractivity contribution in [3.05, 3.63) is 53.7 Å². The molecule has 1 saturated carbocycles. The maximum Gasteiger partial charge on any atom is 0.255 e. The Morgan fingerprint density at radius 1 is 1.13 bits per heavy atom. The minimum atomic E-state index is -0.948. The number of rotatable bonds is 5. The van der Waals surface area contributed by atoms with Crippen LogP contribution in [0, 0.1) is 12.8 Å². The number of aromatic nitrogens is 3. The molecule has 1 aliphatic heterocycles. The SMILES string of the molecule is Cc1nnc(-c2ccc(-c3cncc4c3C(=O)N([C@@H](C3CC3)C(C)(C)O)C4)cc2)o1. The van der Waals surface area contributed by atoms with Crippen molar-refractivity contribution < 1.29 is 14.3 Å². The largest absolute Gasteiger partial charge is 0.421 e. The molecule has 5 rings (SSSR count). The van der Waals surface area contributed by atoms with Crippen molar-refractivity contribution in [3.63, 3.8) is 0 Å². The third-order valence-corrected chi connectivity index (χ3v) is 5.94. The van der Waals surface area contributed by atoms with Gasteiger partial charge in [0.05, 0.1) is 17.2 Å². The van der Waals surface area contributed by atoms with Crippen molar-refractivity contribution in [3.8, 4) is 22.6 Å². The lowest BCUT2D eigenvalue weighted by molar-refractivity contribution is -0.0224. The molecule has 7 nitrogen and oxygen atoms in total. The Labute approximate surface area is 174 Å². The molecule has 1 aliphatic carbocycles. The van der Waals surface area contributed by atoms with Gasteiger partial charge in [-0.3, -0.25) is 9.78 Å². The van der Waals surface area contributed by atoms with E-state index in [1.807, 2.05) is 29.2 Å². The topological polar surface area (TPSA) is 92.4 Å². The summed E-state index contributed by atoms with van der Waals surface area (Å²) in [5.41, 5.74) is 3.17. The molecule has 0 bridgehead atoms. The standard InChI is InChI=1S/C23H24N4O3/c1-13-25-26-21(30-13)16-8-4-14(5-9-16)18-11-24-10-17-12-27(22(28)19(17)18)20(15-6-7-15)23(2,3)29/h4-5,8-11,15,20,29H,6-7,12H2,1-3H3/t20-/m0/s1. The molecule has 3 aromatic rings. The molecule has 0 spiro atoms. The summed E-state index contributed by atoms with van der Waals surface area (Å²) in [6.07, 6.45) is 5.61. The summed E-state index contributed by atoms with van der Waals surface area (Å²) >= 11 is 0. The number of aliphatic hydroxyl groups is 1. The molecular formula is C23H24N4O3. The van der Waals surface area contributed by atoms with Crippen LogP contribution in [0.1, 0.15) is 48.5 Å². The van der Waals surface area contributed by atoms with Gasteiger partial charge in [0.25, 0.3) is 5.91 Å². The Hall–Kier alpha value is -3.06. The zero-order valence-corrected chi connectivity index (χ0v) is 17.3. The van der Waals surface area contributed by atoms with Gasteiger partial charge in [-0.2, -0.15) is 0 Å². The van der Waals surface area contributed by atoms with E-state index in [0.717, 1.165) is 35.1 Å². The van der Waals surface area contributed by atoms with E-state index in [0.29, 0.717) is 29.8 Å². The Bertz CT molecular complexity index is 1110. The van der Waals surface area contributed by atoms with Crippen LogP contribution in [0.3, 0.4) is 0 Å². The van der Waals surface area contributed by atoms with Crippen molar-refractivity contribution in [2.45, 2.75) is 51.8 Å². The van der Waals surface area contributed by atoms with E-state index in [4.69, 9.17) is 4.42 Å². The van der Waals surface area contributed by atoms with Gasteiger partial charge in [0.15, 0.2) is 0 Å². The molecule has 1 amide bonds. The zero-order valence-electron chi connectivity index (χ0n) is 17.3. The van der Waals surface area contributed by atoms with Gasteiger partial charge < -0.3 is 14.4 Å². The van der Waals surface area contributed by atoms with Crippen LogP contribution >= 0.6 is 0 Å². The smallest absolute Gasteiger partial charge is 0.255 e. The van der Waals surface area contributed by atoms with Gasteiger partial charge in [0, 0.05) is 42.6 Å². The van der Waals surface area contributed by atoms with Gasteiger partial charge in [-0.05, 0) is 50.3 Å². The number of carbonyl (C=O) groups is 1. The molecular weight excluding hydrogens is 380 g/mol. The van der Waals surface area contributed by atoms with Crippen LogP contribution in [0.2, 0.25) is 0 Å². The molecule has 0 radical (unpaired) electrons. The number of hydrogen-bond donors (Lipinski definition) is 1. The summed E-state index contributed by atoms with van der Waals surface area (Å²) in [4.78, 5) is 19.7. The molecule has 0 saturated heterocycles. The number of nitrogens with zero attached hydrogens (tertiary/aromatic N) is 4. The van der Waals surface area contributed by atoms with E-state index in [9.17, 15) is 9.90 Å². The summed E-state index contributed by atoms with van der Waals surface area (Å²) < 4.78 is 5.49. The Morgan fingerprint density at radius 3 is 2.43 bits per heavy atom. The van der Waals surface area contributed by atoms with E-state index < -0.39 is 5.60 Å². The lowest BCUT2D eigenvalue weighted by Gasteiger charge is -2.37. The van der Waals surface area contributed by atoms with Crippen molar-refractivity contribution in [2.75, 3.05) is 0 Å². The Balaban J connectivity index is 1.49. The summed E-state index contributed by atoms with van der Waals surface area (Å²) in [6.45, 7) is 5.83. The summed E-state index contributed by atoms with van der Waals surface area (Å²) in [5.74, 6) is 1.31. The molecule has 1 fully saturated rings. The molecule has 154 valence electrons. The van der Waals surface area contributed by atoms with Crippen LogP contribution in [0.25, 0.3) is 22.6 Å². The first-order chi connectivity index (χ1) is 14.3. The number of amides is 1. The third-order valence-electron chi connectivity index (χ3n) is 5.94. The number of carbonyl (C=O) groups excluding carboxylic acids is 1. The predicted molar refractivity (Wildman–Crippen MR) is 110 cm³/mol. The quantitative estimate of drug-likeness (QED) is 0.698. The summed E-state index contributed by atoms with van der Waals surface area (Å²) in [7, 11) is 0. The second-order valence-electron chi connectivity index (χ2n) is 8.79. The average molecular weight is 404 g/mol. The van der Waals surface area contributed by atoms with Gasteiger partial charge in [-0.25, -0.2) is 0 Å². The average Bonchev–Trinajstić information content (AvgIpc) is 3.35. The molecule has 0 unspecified atom stereocenters. The fourth-order valence-electron chi connectivity index (χ4n) is 4.55. The molecule has 30 heavy (non-hydrogen) atoms. The molecule has 1 aromatic carbocycles. The zero-order chi connectivity index (χ0) is 21.0. The fraction of sp³-hybridized carbons (Fsp3) is 0.391. The van der Waals surface area contributed by atoms with Gasteiger partial charge in [0.1, 0.15) is 0 Å². The highest BCUT2D eigenvalue weighted by Crippen LogP contribution is 2.44. The van der Waals surface area contributed by atoms with Crippen molar-refractivity contribution in [1.29, 1.82) is 0 Å². The first kappa shape index (κ1) is 18.9. The van der Waals surface area contributed by atoms with Gasteiger partial charge in [0.2, 0.25) is 11.8 Å². The van der Waals surface area contributed by atoms with Gasteiger partial charge in [-0.1, -0.05) is 12.1 Å². The minimum Gasteiger partial charge on any atom is -0.421 e. The van der Waals surface area contributed by atoms with Crippen LogP contribution in [0.15, 0.2) is 41.1 Å². The normalized spacial score (nSPS) is 17.3. The minimum absolute atomic E-state index is 0.0296. The first-order valence-electron chi connectivity index (χ1n) is 10.2. The molecule has 2 aromatic heterocycles. The maximum atomic E-state index is 13.5. The van der Waals surface area contributed by atoms with Gasteiger partial charge in [-0.15, -0.1) is 10.2 Å². The second kappa shape index (κ2) is 6.74. The summed E-state index contributed by atoms with van der Waals surface area (Å²) in [6, 6.07) is 7.51. The van der Waals surface area contributed by atoms with Crippen LogP contribution in [0.4, 0.5) is 0 Å². The molecule has 2 aliphatic rings. The fourth-order valence-corrected chi connectivity index (χ4v) is 4.55. The number of fused-ring (bicyclic) bond motifs is 1. The lowest BCUT2D eigenvalue weighted by Crippen LogP contribution is -2.51. The molecule has 1 N–H and O–H groups in total. The predicted octanol–water partition coefficient (Wildman–Crippen LogP) is 3.61. The lowest BCUT2D eigenvalue weighted by atomic mass is 9.93. The number of hydrogen-bond acceptors (Lipinski definition) is 6. The second-order valence-corrected chi connectivity index (χ2v) is 8.79. The third kappa shape index (κ3) is 3.19. The van der Waals surface area contributed by atoms with Crippen molar-refractivity contribution in [2.24, 2.45) is 5.92 Å². The monoisotopic (exact) mass is 404 g/mol. The van der Waals surface area contributed by atoms with E-state index in [-0.39, 0.29) is 11.9 Å². The Kier molecular flexibility index (Phi) is 4.25. The van der Waals surface area contributed by atoms with Crippen molar-refractivity contribution in [1.82, 2.24) is 20.1 Å². The first-order valence-corrected chi connectivity index (χ1v) is 10.2. The molecule has 1 atom stereocenters. The number of benzene rings is 1. The van der Waals surface area contributed by atoms with E-state index >= 15 is 0 Å².